The summed E-state index contributed by atoms with van der Waals surface area (Å²) >= 11 is 17.7. The molecule has 1 heterocycles. The van der Waals surface area contributed by atoms with Crippen LogP contribution in [0.1, 0.15) is 44.5 Å². The molecule has 0 aliphatic heterocycles. The number of hydrogen-bond donors (Lipinski definition) is 0. The lowest BCUT2D eigenvalue weighted by Crippen LogP contribution is -2.26. The van der Waals surface area contributed by atoms with Crippen molar-refractivity contribution in [3.05, 3.63) is 61.3 Å². The third-order valence-corrected chi connectivity index (χ3v) is 5.11. The SMILES string of the molecule is Cc1cc(C)c(C(=O)[C@@H](C)OC(=O)c2ncc(Cl)c(Cl)c2Cl)cc1C. The second-order valence-corrected chi connectivity index (χ2v) is 6.91. The van der Waals surface area contributed by atoms with Gasteiger partial charge in [0.15, 0.2) is 11.8 Å². The summed E-state index contributed by atoms with van der Waals surface area (Å²) in [6, 6.07) is 3.72. The molecule has 0 aliphatic rings. The highest BCUT2D eigenvalue weighted by molar-refractivity contribution is 6.48. The van der Waals surface area contributed by atoms with Crippen LogP contribution in [0.3, 0.4) is 0 Å². The Hall–Kier alpha value is -1.62. The highest BCUT2D eigenvalue weighted by Crippen LogP contribution is 2.31. The van der Waals surface area contributed by atoms with E-state index in [0.717, 1.165) is 16.7 Å². The van der Waals surface area contributed by atoms with Crippen molar-refractivity contribution < 1.29 is 14.3 Å². The summed E-state index contributed by atoms with van der Waals surface area (Å²) in [7, 11) is 0. The summed E-state index contributed by atoms with van der Waals surface area (Å²) in [6.07, 6.45) is 0.201. The Morgan fingerprint density at radius 2 is 1.60 bits per heavy atom. The quantitative estimate of drug-likeness (QED) is 0.509. The van der Waals surface area contributed by atoms with Crippen LogP contribution in [0.25, 0.3) is 0 Å². The summed E-state index contributed by atoms with van der Waals surface area (Å²) in [4.78, 5) is 28.7. The Kier molecular flexibility index (Phi) is 6.09. The van der Waals surface area contributed by atoms with Crippen LogP contribution in [-0.2, 0) is 4.74 Å². The van der Waals surface area contributed by atoms with Crippen LogP contribution < -0.4 is 0 Å². The normalized spacial score (nSPS) is 12.0. The molecule has 0 radical (unpaired) electrons. The van der Waals surface area contributed by atoms with E-state index in [1.165, 1.54) is 13.1 Å². The van der Waals surface area contributed by atoms with Crippen LogP contribution in [0, 0.1) is 20.8 Å². The number of aryl methyl sites for hydroxylation is 3. The molecular weight excluding hydrogens is 385 g/mol. The standard InChI is InChI=1S/C18H16Cl3NO3/c1-8-5-10(3)12(6-9(8)2)17(23)11(4)25-18(24)16-15(21)14(20)13(19)7-22-16/h5-7,11H,1-4H3/t11-/m1/s1. The van der Waals surface area contributed by atoms with E-state index < -0.39 is 12.1 Å². The first-order valence-electron chi connectivity index (χ1n) is 7.46. The van der Waals surface area contributed by atoms with Gasteiger partial charge in [0.25, 0.3) is 0 Å². The third kappa shape index (κ3) is 4.14. The van der Waals surface area contributed by atoms with Gasteiger partial charge in [0.05, 0.1) is 15.1 Å². The molecule has 0 bridgehead atoms. The molecule has 0 saturated carbocycles. The Balaban J connectivity index is 2.23. The zero-order valence-corrected chi connectivity index (χ0v) is 16.4. The minimum absolute atomic E-state index is 0.00858. The fourth-order valence-corrected chi connectivity index (χ4v) is 2.86. The second-order valence-electron chi connectivity index (χ2n) is 5.75. The number of aromatic nitrogens is 1. The lowest BCUT2D eigenvalue weighted by molar-refractivity contribution is 0.0313. The van der Waals surface area contributed by atoms with Crippen LogP contribution in [0.4, 0.5) is 0 Å². The van der Waals surface area contributed by atoms with Crippen molar-refractivity contribution in [1.82, 2.24) is 4.98 Å². The summed E-state index contributed by atoms with van der Waals surface area (Å²) in [5, 5.41) is 0.0218. The average molecular weight is 401 g/mol. The van der Waals surface area contributed by atoms with Crippen molar-refractivity contribution in [2.24, 2.45) is 0 Å². The minimum Gasteiger partial charge on any atom is -0.449 e. The number of rotatable bonds is 4. The van der Waals surface area contributed by atoms with Gasteiger partial charge in [-0.25, -0.2) is 9.78 Å². The van der Waals surface area contributed by atoms with Crippen LogP contribution in [0.5, 0.6) is 0 Å². The first-order valence-corrected chi connectivity index (χ1v) is 8.59. The highest BCUT2D eigenvalue weighted by Gasteiger charge is 2.25. The lowest BCUT2D eigenvalue weighted by atomic mass is 9.96. The number of pyridine rings is 1. The first kappa shape index (κ1) is 19.7. The predicted molar refractivity (Wildman–Crippen MR) is 99.1 cm³/mol. The minimum atomic E-state index is -0.999. The Morgan fingerprint density at radius 1 is 1.00 bits per heavy atom. The largest absolute Gasteiger partial charge is 0.449 e. The molecule has 132 valence electrons. The molecule has 0 amide bonds. The molecule has 0 spiro atoms. The van der Waals surface area contributed by atoms with Gasteiger partial charge in [-0.2, -0.15) is 0 Å². The Bertz CT molecular complexity index is 865. The van der Waals surface area contributed by atoms with Gasteiger partial charge in [-0.3, -0.25) is 4.79 Å². The number of nitrogens with zero attached hydrogens (tertiary/aromatic N) is 1. The van der Waals surface area contributed by atoms with E-state index in [0.29, 0.717) is 5.56 Å². The lowest BCUT2D eigenvalue weighted by Gasteiger charge is -2.15. The molecule has 25 heavy (non-hydrogen) atoms. The Labute approximate surface area is 161 Å². The van der Waals surface area contributed by atoms with Crippen LogP contribution >= 0.6 is 34.8 Å². The number of benzene rings is 1. The van der Waals surface area contributed by atoms with Crippen LogP contribution in [-0.4, -0.2) is 22.8 Å². The number of ketones is 1. The summed E-state index contributed by atoms with van der Waals surface area (Å²) in [5.41, 5.74) is 3.22. The third-order valence-electron chi connectivity index (χ3n) is 3.87. The topological polar surface area (TPSA) is 56.3 Å². The van der Waals surface area contributed by atoms with Gasteiger partial charge in [-0.1, -0.05) is 40.9 Å². The van der Waals surface area contributed by atoms with E-state index in [2.05, 4.69) is 4.98 Å². The number of hydrogen-bond acceptors (Lipinski definition) is 4. The summed E-state index contributed by atoms with van der Waals surface area (Å²) in [5.74, 6) is -1.14. The van der Waals surface area contributed by atoms with Gasteiger partial charge >= 0.3 is 5.97 Å². The van der Waals surface area contributed by atoms with E-state index in [9.17, 15) is 9.59 Å². The maximum absolute atomic E-state index is 12.6. The van der Waals surface area contributed by atoms with Crippen LogP contribution in [0.2, 0.25) is 15.1 Å². The maximum atomic E-state index is 12.6. The first-order chi connectivity index (χ1) is 11.6. The Morgan fingerprint density at radius 3 is 2.24 bits per heavy atom. The number of Topliss-reactive ketones (excluding diaryl/α,β-unsaturated/α-hetero) is 1. The molecule has 0 unspecified atom stereocenters. The fourth-order valence-electron chi connectivity index (χ4n) is 2.30. The van der Waals surface area contributed by atoms with Gasteiger partial charge in [0, 0.05) is 11.8 Å². The second kappa shape index (κ2) is 7.73. The zero-order valence-electron chi connectivity index (χ0n) is 14.1. The van der Waals surface area contributed by atoms with Crippen molar-refractivity contribution in [1.29, 1.82) is 0 Å². The molecule has 4 nitrogen and oxygen atoms in total. The van der Waals surface area contributed by atoms with Gasteiger partial charge in [-0.05, 0) is 50.5 Å². The smallest absolute Gasteiger partial charge is 0.359 e. The van der Waals surface area contributed by atoms with Crippen LogP contribution in [0.15, 0.2) is 18.3 Å². The van der Waals surface area contributed by atoms with E-state index in [1.807, 2.05) is 26.8 Å². The van der Waals surface area contributed by atoms with Gasteiger partial charge < -0.3 is 4.74 Å². The maximum Gasteiger partial charge on any atom is 0.359 e. The molecule has 1 atom stereocenters. The predicted octanol–water partition coefficient (Wildman–Crippen LogP) is 5.40. The van der Waals surface area contributed by atoms with Crippen molar-refractivity contribution in [2.75, 3.05) is 0 Å². The molecular formula is C18H16Cl3NO3. The molecule has 1 aromatic carbocycles. The monoisotopic (exact) mass is 399 g/mol. The molecule has 2 rings (SSSR count). The summed E-state index contributed by atoms with van der Waals surface area (Å²) < 4.78 is 5.22. The van der Waals surface area contributed by atoms with Crippen molar-refractivity contribution in [3.63, 3.8) is 0 Å². The number of esters is 1. The van der Waals surface area contributed by atoms with Gasteiger partial charge in [0.2, 0.25) is 5.78 Å². The molecule has 2 aromatic rings. The van der Waals surface area contributed by atoms with E-state index in [4.69, 9.17) is 39.5 Å². The molecule has 0 saturated heterocycles. The number of halogens is 3. The molecule has 0 fully saturated rings. The van der Waals surface area contributed by atoms with Crippen molar-refractivity contribution in [2.45, 2.75) is 33.8 Å². The van der Waals surface area contributed by atoms with Gasteiger partial charge in [-0.15, -0.1) is 0 Å². The van der Waals surface area contributed by atoms with Crippen molar-refractivity contribution in [3.8, 4) is 0 Å². The number of carbonyl (C=O) groups is 2. The number of carbonyl (C=O) groups excluding carboxylic acids is 2. The van der Waals surface area contributed by atoms with E-state index >= 15 is 0 Å². The molecule has 0 N–H and O–H groups in total. The molecule has 0 aliphatic carbocycles. The highest BCUT2D eigenvalue weighted by atomic mass is 35.5. The van der Waals surface area contributed by atoms with Crippen molar-refractivity contribution >= 4 is 46.6 Å². The molecule has 7 heteroatoms. The van der Waals surface area contributed by atoms with E-state index in [-0.39, 0.29) is 26.5 Å². The zero-order chi connectivity index (χ0) is 18.9. The molecule has 1 aromatic heterocycles. The number of ether oxygens (including phenoxy) is 1. The van der Waals surface area contributed by atoms with E-state index in [1.54, 1.807) is 6.07 Å². The van der Waals surface area contributed by atoms with Gasteiger partial charge in [0.1, 0.15) is 0 Å². The summed E-state index contributed by atoms with van der Waals surface area (Å²) in [6.45, 7) is 7.23. The average Bonchev–Trinajstić information content (AvgIpc) is 2.55. The fraction of sp³-hybridized carbons (Fsp3) is 0.278.